The molecular weight excluding hydrogens is 267 g/mol. The topological polar surface area (TPSA) is 44.0 Å². The zero-order chi connectivity index (χ0) is 14.8. The van der Waals surface area contributed by atoms with Gasteiger partial charge in [0.15, 0.2) is 0 Å². The first-order valence-electron chi connectivity index (χ1n) is 7.79. The van der Waals surface area contributed by atoms with Crippen molar-refractivity contribution in [2.45, 2.75) is 45.2 Å². The van der Waals surface area contributed by atoms with E-state index >= 15 is 0 Å². The Morgan fingerprint density at radius 3 is 3.10 bits per heavy atom. The number of halogens is 1. The molecule has 0 spiro atoms. The van der Waals surface area contributed by atoms with E-state index in [2.05, 4.69) is 34.0 Å². The molecule has 0 bridgehead atoms. The minimum absolute atomic E-state index is 0.227. The molecule has 2 N–H and O–H groups in total. The van der Waals surface area contributed by atoms with E-state index in [0.29, 0.717) is 12.1 Å². The summed E-state index contributed by atoms with van der Waals surface area (Å²) in [5.74, 6) is 0.639. The predicted molar refractivity (Wildman–Crippen MR) is 84.2 cm³/mol. The van der Waals surface area contributed by atoms with Crippen molar-refractivity contribution in [3.8, 4) is 0 Å². The maximum absolute atomic E-state index is 13.3. The summed E-state index contributed by atoms with van der Waals surface area (Å²) in [6.07, 6.45) is 3.62. The average Bonchev–Trinajstić information content (AvgIpc) is 2.88. The van der Waals surface area contributed by atoms with Gasteiger partial charge in [0.2, 0.25) is 5.95 Å². The number of imidazole rings is 1. The molecule has 4 nitrogen and oxygen atoms in total. The third kappa shape index (κ3) is 3.18. The molecule has 2 aromatic rings. The number of nitrogens with zero attached hydrogens (tertiary/aromatic N) is 2. The quantitative estimate of drug-likeness (QED) is 0.909. The SMILES string of the molecule is CC(C)NCC1CCCCN1c1nc2ccc(F)cc2[nH]1. The van der Waals surface area contributed by atoms with Crippen LogP contribution >= 0.6 is 0 Å². The van der Waals surface area contributed by atoms with Crippen molar-refractivity contribution in [3.05, 3.63) is 24.0 Å². The van der Waals surface area contributed by atoms with Crippen LogP contribution in [0.5, 0.6) is 0 Å². The highest BCUT2D eigenvalue weighted by molar-refractivity contribution is 5.77. The standard InChI is InChI=1S/C16H23FN4/c1-11(2)18-10-13-5-3-4-8-21(13)16-19-14-7-6-12(17)9-15(14)20-16/h6-7,9,11,13,18H,3-5,8,10H2,1-2H3,(H,19,20). The molecular formula is C16H23FN4. The number of benzene rings is 1. The van der Waals surface area contributed by atoms with Gasteiger partial charge in [-0.05, 0) is 37.5 Å². The molecule has 0 aliphatic carbocycles. The summed E-state index contributed by atoms with van der Waals surface area (Å²) in [4.78, 5) is 10.2. The van der Waals surface area contributed by atoms with Crippen LogP contribution in [0.4, 0.5) is 10.3 Å². The molecule has 1 unspecified atom stereocenters. The molecule has 2 heterocycles. The second-order valence-electron chi connectivity index (χ2n) is 6.13. The van der Waals surface area contributed by atoms with E-state index in [0.717, 1.165) is 30.1 Å². The summed E-state index contributed by atoms with van der Waals surface area (Å²) >= 11 is 0. The summed E-state index contributed by atoms with van der Waals surface area (Å²) in [6.45, 7) is 6.30. The number of nitrogens with one attached hydrogen (secondary N) is 2. The van der Waals surface area contributed by atoms with Crippen LogP contribution in [-0.4, -0.2) is 35.1 Å². The van der Waals surface area contributed by atoms with Crippen LogP contribution in [0.3, 0.4) is 0 Å². The van der Waals surface area contributed by atoms with Crippen LogP contribution < -0.4 is 10.2 Å². The molecule has 0 amide bonds. The molecule has 0 saturated carbocycles. The van der Waals surface area contributed by atoms with Crippen molar-refractivity contribution in [1.29, 1.82) is 0 Å². The summed E-state index contributed by atoms with van der Waals surface area (Å²) in [6, 6.07) is 5.64. The lowest BCUT2D eigenvalue weighted by Gasteiger charge is -2.36. The number of hydrogen-bond donors (Lipinski definition) is 2. The third-order valence-electron chi connectivity index (χ3n) is 4.09. The molecule has 1 aliphatic rings. The fourth-order valence-corrected chi connectivity index (χ4v) is 2.97. The highest BCUT2D eigenvalue weighted by Crippen LogP contribution is 2.25. The Bertz CT molecular complexity index is 607. The molecule has 0 radical (unpaired) electrons. The molecule has 1 saturated heterocycles. The lowest BCUT2D eigenvalue weighted by molar-refractivity contribution is 0.417. The molecule has 1 atom stereocenters. The Morgan fingerprint density at radius 1 is 1.43 bits per heavy atom. The maximum atomic E-state index is 13.3. The molecule has 3 rings (SSSR count). The molecule has 1 aromatic heterocycles. The highest BCUT2D eigenvalue weighted by Gasteiger charge is 2.24. The van der Waals surface area contributed by atoms with Gasteiger partial charge in [-0.2, -0.15) is 0 Å². The van der Waals surface area contributed by atoms with E-state index in [1.54, 1.807) is 6.07 Å². The zero-order valence-electron chi connectivity index (χ0n) is 12.7. The fraction of sp³-hybridized carbons (Fsp3) is 0.562. The van der Waals surface area contributed by atoms with E-state index in [1.165, 1.54) is 31.4 Å². The van der Waals surface area contributed by atoms with E-state index in [-0.39, 0.29) is 5.82 Å². The van der Waals surface area contributed by atoms with Crippen molar-refractivity contribution in [2.75, 3.05) is 18.0 Å². The normalized spacial score (nSPS) is 19.6. The number of hydrogen-bond acceptors (Lipinski definition) is 3. The van der Waals surface area contributed by atoms with Crippen LogP contribution in [-0.2, 0) is 0 Å². The van der Waals surface area contributed by atoms with Crippen molar-refractivity contribution < 1.29 is 4.39 Å². The fourth-order valence-electron chi connectivity index (χ4n) is 2.97. The molecule has 1 aliphatic heterocycles. The lowest BCUT2D eigenvalue weighted by Crippen LogP contribution is -2.47. The van der Waals surface area contributed by atoms with Gasteiger partial charge in [0.1, 0.15) is 5.82 Å². The van der Waals surface area contributed by atoms with Gasteiger partial charge in [0.25, 0.3) is 0 Å². The number of piperidine rings is 1. The van der Waals surface area contributed by atoms with Gasteiger partial charge in [-0.1, -0.05) is 13.8 Å². The Morgan fingerprint density at radius 2 is 2.29 bits per heavy atom. The van der Waals surface area contributed by atoms with Crippen molar-refractivity contribution >= 4 is 17.0 Å². The largest absolute Gasteiger partial charge is 0.338 e. The Kier molecular flexibility index (Phi) is 4.10. The van der Waals surface area contributed by atoms with Crippen molar-refractivity contribution in [3.63, 3.8) is 0 Å². The summed E-state index contributed by atoms with van der Waals surface area (Å²) in [7, 11) is 0. The molecule has 1 aromatic carbocycles. The van der Waals surface area contributed by atoms with Crippen LogP contribution in [0.2, 0.25) is 0 Å². The van der Waals surface area contributed by atoms with E-state index < -0.39 is 0 Å². The minimum Gasteiger partial charge on any atom is -0.338 e. The number of aromatic nitrogens is 2. The molecule has 1 fully saturated rings. The van der Waals surface area contributed by atoms with Crippen molar-refractivity contribution in [2.24, 2.45) is 0 Å². The number of H-pyrrole nitrogens is 1. The monoisotopic (exact) mass is 290 g/mol. The van der Waals surface area contributed by atoms with E-state index in [4.69, 9.17) is 0 Å². The van der Waals surface area contributed by atoms with E-state index in [9.17, 15) is 4.39 Å². The van der Waals surface area contributed by atoms with Gasteiger partial charge >= 0.3 is 0 Å². The minimum atomic E-state index is -0.227. The van der Waals surface area contributed by atoms with Gasteiger partial charge in [0.05, 0.1) is 11.0 Å². The van der Waals surface area contributed by atoms with Gasteiger partial charge < -0.3 is 15.2 Å². The molecule has 114 valence electrons. The van der Waals surface area contributed by atoms with E-state index in [1.807, 2.05) is 0 Å². The van der Waals surface area contributed by atoms with Gasteiger partial charge in [-0.15, -0.1) is 0 Å². The first-order valence-corrected chi connectivity index (χ1v) is 7.79. The highest BCUT2D eigenvalue weighted by atomic mass is 19.1. The van der Waals surface area contributed by atoms with Gasteiger partial charge in [0, 0.05) is 25.2 Å². The summed E-state index contributed by atoms with van der Waals surface area (Å²) < 4.78 is 13.3. The number of fused-ring (bicyclic) bond motifs is 1. The van der Waals surface area contributed by atoms with Gasteiger partial charge in [-0.3, -0.25) is 0 Å². The second kappa shape index (κ2) is 6.02. The zero-order valence-corrected chi connectivity index (χ0v) is 12.7. The van der Waals surface area contributed by atoms with Crippen molar-refractivity contribution in [1.82, 2.24) is 15.3 Å². The van der Waals surface area contributed by atoms with Crippen LogP contribution in [0, 0.1) is 5.82 Å². The average molecular weight is 290 g/mol. The Balaban J connectivity index is 1.83. The smallest absolute Gasteiger partial charge is 0.204 e. The number of anilines is 1. The first kappa shape index (κ1) is 14.3. The van der Waals surface area contributed by atoms with Crippen LogP contribution in [0.25, 0.3) is 11.0 Å². The van der Waals surface area contributed by atoms with Crippen LogP contribution in [0.1, 0.15) is 33.1 Å². The Labute approximate surface area is 124 Å². The predicted octanol–water partition coefficient (Wildman–Crippen LogP) is 3.06. The lowest BCUT2D eigenvalue weighted by atomic mass is 10.0. The number of rotatable bonds is 4. The molecule has 5 heteroatoms. The number of aromatic amines is 1. The molecule has 21 heavy (non-hydrogen) atoms. The van der Waals surface area contributed by atoms with Crippen LogP contribution in [0.15, 0.2) is 18.2 Å². The first-order chi connectivity index (χ1) is 10.1. The second-order valence-corrected chi connectivity index (χ2v) is 6.13. The Hall–Kier alpha value is -1.62. The third-order valence-corrected chi connectivity index (χ3v) is 4.09. The summed E-state index contributed by atoms with van der Waals surface area (Å²) in [5.41, 5.74) is 1.60. The maximum Gasteiger partial charge on any atom is 0.204 e. The van der Waals surface area contributed by atoms with Gasteiger partial charge in [-0.25, -0.2) is 9.37 Å². The summed E-state index contributed by atoms with van der Waals surface area (Å²) in [5, 5.41) is 3.51.